The van der Waals surface area contributed by atoms with Gasteiger partial charge in [0, 0.05) is 13.0 Å². The molecule has 5 heteroatoms. The third-order valence-corrected chi connectivity index (χ3v) is 4.79. The average Bonchev–Trinajstić information content (AvgIpc) is 3.10. The van der Waals surface area contributed by atoms with Gasteiger partial charge in [-0.2, -0.15) is 5.10 Å². The van der Waals surface area contributed by atoms with Crippen molar-refractivity contribution in [2.75, 3.05) is 6.54 Å². The maximum absolute atomic E-state index is 12.8. The van der Waals surface area contributed by atoms with Crippen LogP contribution in [0, 0.1) is 0 Å². The molecule has 1 aromatic heterocycles. The van der Waals surface area contributed by atoms with Crippen LogP contribution in [0.4, 0.5) is 0 Å². The van der Waals surface area contributed by atoms with Crippen LogP contribution < -0.4 is 4.74 Å². The largest absolute Gasteiger partial charge is 0.481 e. The zero-order valence-electron chi connectivity index (χ0n) is 15.4. The number of carbonyl (C=O) groups is 1. The van der Waals surface area contributed by atoms with Gasteiger partial charge in [-0.05, 0) is 30.7 Å². The Kier molecular flexibility index (Phi) is 4.92. The van der Waals surface area contributed by atoms with Crippen molar-refractivity contribution in [2.45, 2.75) is 32.5 Å². The van der Waals surface area contributed by atoms with Crippen molar-refractivity contribution in [1.29, 1.82) is 0 Å². The van der Waals surface area contributed by atoms with E-state index in [4.69, 9.17) is 9.84 Å². The molecule has 0 spiro atoms. The number of fused-ring (bicyclic) bond motifs is 1. The summed E-state index contributed by atoms with van der Waals surface area (Å²) in [6.45, 7) is 3.75. The lowest BCUT2D eigenvalue weighted by atomic mass is 10.1. The number of benzene rings is 2. The van der Waals surface area contributed by atoms with E-state index < -0.39 is 6.10 Å². The van der Waals surface area contributed by atoms with Crippen LogP contribution in [0.25, 0.3) is 0 Å². The van der Waals surface area contributed by atoms with Gasteiger partial charge < -0.3 is 9.64 Å². The lowest BCUT2D eigenvalue weighted by Gasteiger charge is -2.30. The molecule has 1 atom stereocenters. The standard InChI is InChI=1S/C22H23N3O2/c1-17(27-21-10-6-3-7-11-21)22(26)24-12-13-25-20(16-24)15-19(23-25)14-18-8-4-2-5-9-18/h2-11,15,17H,12-14,16H2,1H3/t17-/m1/s1. The van der Waals surface area contributed by atoms with Crippen molar-refractivity contribution < 1.29 is 9.53 Å². The molecule has 1 aliphatic rings. The molecule has 3 aromatic rings. The maximum atomic E-state index is 12.8. The van der Waals surface area contributed by atoms with Gasteiger partial charge in [0.05, 0.1) is 24.5 Å². The van der Waals surface area contributed by atoms with E-state index in [-0.39, 0.29) is 5.91 Å². The van der Waals surface area contributed by atoms with Crippen LogP contribution >= 0.6 is 0 Å². The van der Waals surface area contributed by atoms with Crippen molar-refractivity contribution in [1.82, 2.24) is 14.7 Å². The van der Waals surface area contributed by atoms with Gasteiger partial charge in [0.2, 0.25) is 0 Å². The van der Waals surface area contributed by atoms with E-state index in [0.29, 0.717) is 25.4 Å². The van der Waals surface area contributed by atoms with Gasteiger partial charge in [0.1, 0.15) is 5.75 Å². The van der Waals surface area contributed by atoms with Gasteiger partial charge in [0.25, 0.3) is 5.91 Å². The molecule has 0 saturated carbocycles. The van der Waals surface area contributed by atoms with Crippen LogP contribution in [-0.4, -0.2) is 33.2 Å². The first kappa shape index (κ1) is 17.3. The van der Waals surface area contributed by atoms with E-state index in [1.807, 2.05) is 65.0 Å². The summed E-state index contributed by atoms with van der Waals surface area (Å²) in [4.78, 5) is 14.6. The van der Waals surface area contributed by atoms with Gasteiger partial charge in [-0.25, -0.2) is 0 Å². The smallest absolute Gasteiger partial charge is 0.263 e. The zero-order valence-corrected chi connectivity index (χ0v) is 15.4. The monoisotopic (exact) mass is 361 g/mol. The number of hydrogen-bond acceptors (Lipinski definition) is 3. The van der Waals surface area contributed by atoms with Crippen LogP contribution in [0.2, 0.25) is 0 Å². The first-order valence-corrected chi connectivity index (χ1v) is 9.29. The van der Waals surface area contributed by atoms with Crippen LogP contribution in [-0.2, 0) is 24.3 Å². The summed E-state index contributed by atoms with van der Waals surface area (Å²) in [6, 6.07) is 21.9. The van der Waals surface area contributed by atoms with Gasteiger partial charge >= 0.3 is 0 Å². The van der Waals surface area contributed by atoms with Crippen molar-refractivity contribution in [3.63, 3.8) is 0 Å². The van der Waals surface area contributed by atoms with Gasteiger partial charge in [0.15, 0.2) is 6.10 Å². The molecule has 0 N–H and O–H groups in total. The molecule has 1 amide bonds. The maximum Gasteiger partial charge on any atom is 0.263 e. The fourth-order valence-electron chi connectivity index (χ4n) is 3.42. The minimum atomic E-state index is -0.509. The normalized spacial score (nSPS) is 14.5. The molecule has 2 aromatic carbocycles. The zero-order chi connectivity index (χ0) is 18.6. The molecular formula is C22H23N3O2. The summed E-state index contributed by atoms with van der Waals surface area (Å²) < 4.78 is 7.81. The number of rotatable bonds is 5. The van der Waals surface area contributed by atoms with Crippen molar-refractivity contribution in [3.8, 4) is 5.75 Å². The number of ether oxygens (including phenoxy) is 1. The molecule has 27 heavy (non-hydrogen) atoms. The Morgan fingerprint density at radius 1 is 1.07 bits per heavy atom. The lowest BCUT2D eigenvalue weighted by molar-refractivity contribution is -0.139. The van der Waals surface area contributed by atoms with Gasteiger partial charge in [-0.15, -0.1) is 0 Å². The Morgan fingerprint density at radius 2 is 1.78 bits per heavy atom. The number of amides is 1. The second-order valence-corrected chi connectivity index (χ2v) is 6.85. The number of aromatic nitrogens is 2. The molecule has 0 unspecified atom stereocenters. The number of hydrogen-bond donors (Lipinski definition) is 0. The lowest BCUT2D eigenvalue weighted by Crippen LogP contribution is -2.44. The van der Waals surface area contributed by atoms with E-state index in [9.17, 15) is 4.79 Å². The highest BCUT2D eigenvalue weighted by Gasteiger charge is 2.26. The fourth-order valence-corrected chi connectivity index (χ4v) is 3.42. The highest BCUT2D eigenvalue weighted by Crippen LogP contribution is 2.18. The average molecular weight is 361 g/mol. The predicted molar refractivity (Wildman–Crippen MR) is 103 cm³/mol. The molecule has 0 saturated heterocycles. The van der Waals surface area contributed by atoms with E-state index >= 15 is 0 Å². The van der Waals surface area contributed by atoms with E-state index in [1.54, 1.807) is 0 Å². The molecular weight excluding hydrogens is 338 g/mol. The molecule has 0 bridgehead atoms. The molecule has 2 heterocycles. The molecule has 0 radical (unpaired) electrons. The predicted octanol–water partition coefficient (Wildman–Crippen LogP) is 3.28. The Labute approximate surface area is 159 Å². The van der Waals surface area contributed by atoms with E-state index in [2.05, 4.69) is 18.2 Å². The van der Waals surface area contributed by atoms with Crippen molar-refractivity contribution in [2.24, 2.45) is 0 Å². The quantitative estimate of drug-likeness (QED) is 0.701. The summed E-state index contributed by atoms with van der Waals surface area (Å²) in [5, 5.41) is 4.70. The molecule has 5 nitrogen and oxygen atoms in total. The number of carbonyl (C=O) groups excluding carboxylic acids is 1. The second kappa shape index (κ2) is 7.66. The highest BCUT2D eigenvalue weighted by molar-refractivity contribution is 5.81. The molecule has 4 rings (SSSR count). The minimum Gasteiger partial charge on any atom is -0.481 e. The van der Waals surface area contributed by atoms with Crippen LogP contribution in [0.3, 0.4) is 0 Å². The molecule has 138 valence electrons. The van der Waals surface area contributed by atoms with Crippen LogP contribution in [0.1, 0.15) is 23.9 Å². The van der Waals surface area contributed by atoms with E-state index in [0.717, 1.165) is 17.8 Å². The minimum absolute atomic E-state index is 0.0101. The van der Waals surface area contributed by atoms with Crippen LogP contribution in [0.15, 0.2) is 66.7 Å². The summed E-state index contributed by atoms with van der Waals surface area (Å²) in [5.41, 5.74) is 3.36. The second-order valence-electron chi connectivity index (χ2n) is 6.85. The van der Waals surface area contributed by atoms with Crippen LogP contribution in [0.5, 0.6) is 5.75 Å². The Bertz CT molecular complexity index is 906. The molecule has 0 aliphatic carbocycles. The number of para-hydroxylation sites is 1. The summed E-state index contributed by atoms with van der Waals surface area (Å²) in [5.74, 6) is 0.724. The molecule has 1 aliphatic heterocycles. The number of nitrogens with zero attached hydrogens (tertiary/aromatic N) is 3. The van der Waals surface area contributed by atoms with Gasteiger partial charge in [-0.1, -0.05) is 48.5 Å². The van der Waals surface area contributed by atoms with Crippen molar-refractivity contribution >= 4 is 5.91 Å². The topological polar surface area (TPSA) is 47.4 Å². The van der Waals surface area contributed by atoms with E-state index in [1.165, 1.54) is 5.56 Å². The molecule has 0 fully saturated rings. The van der Waals surface area contributed by atoms with Crippen molar-refractivity contribution in [3.05, 3.63) is 83.7 Å². The third-order valence-electron chi connectivity index (χ3n) is 4.79. The highest BCUT2D eigenvalue weighted by atomic mass is 16.5. The summed E-state index contributed by atoms with van der Waals surface area (Å²) in [6.07, 6.45) is 0.299. The Morgan fingerprint density at radius 3 is 2.52 bits per heavy atom. The Hall–Kier alpha value is -3.08. The van der Waals surface area contributed by atoms with Gasteiger partial charge in [-0.3, -0.25) is 9.48 Å². The summed E-state index contributed by atoms with van der Waals surface area (Å²) in [7, 11) is 0. The summed E-state index contributed by atoms with van der Waals surface area (Å²) >= 11 is 0. The first-order valence-electron chi connectivity index (χ1n) is 9.29. The Balaban J connectivity index is 1.41. The fraction of sp³-hybridized carbons (Fsp3) is 0.273. The first-order chi connectivity index (χ1) is 13.2. The third kappa shape index (κ3) is 4.03. The SMILES string of the molecule is C[C@@H](Oc1ccccc1)C(=O)N1CCn2nc(Cc3ccccc3)cc2C1.